The normalized spacial score (nSPS) is 18.8. The first kappa shape index (κ1) is 26.3. The van der Waals surface area contributed by atoms with Gasteiger partial charge in [-0.05, 0) is 61.4 Å². The molecule has 0 amide bonds. The van der Waals surface area contributed by atoms with E-state index in [1.54, 1.807) is 30.5 Å². The van der Waals surface area contributed by atoms with Crippen LogP contribution >= 0.6 is 11.6 Å². The highest BCUT2D eigenvalue weighted by Gasteiger charge is 2.25. The summed E-state index contributed by atoms with van der Waals surface area (Å²) in [6.45, 7) is 1.38. The number of allylic oxidation sites excluding steroid dienone is 2. The maximum absolute atomic E-state index is 14.1. The van der Waals surface area contributed by atoms with Crippen molar-refractivity contribution >= 4 is 34.3 Å². The highest BCUT2D eigenvalue weighted by atomic mass is 35.5. The minimum Gasteiger partial charge on any atom is -0.477 e. The predicted molar refractivity (Wildman–Crippen MR) is 146 cm³/mol. The van der Waals surface area contributed by atoms with E-state index in [4.69, 9.17) is 26.1 Å². The number of fused-ring (bicyclic) bond motifs is 1. The number of aromatic nitrogens is 5. The standard InChI is InChI=1S/C29H27ClFN5O4/c30-20-6-5-19(22(31)14-20)16-40-26-9-11-32-27(35-26)18-3-1-17(2-4-18)13-25-33-23-7-8-24(29(37)38)34-28(23)36(25)15-21-10-12-39-21/h3,5-9,11,14,17,21H,1-2,4,10,12-13,15-16H2,(H,37,38)/t17?,21-/m0/s1. The zero-order valence-corrected chi connectivity index (χ0v) is 22.4. The molecule has 0 saturated carbocycles. The number of pyridine rings is 1. The molecule has 11 heteroatoms. The van der Waals surface area contributed by atoms with Crippen LogP contribution in [0.25, 0.3) is 16.7 Å². The molecule has 1 aliphatic carbocycles. The van der Waals surface area contributed by atoms with Crippen molar-refractivity contribution in [3.8, 4) is 5.88 Å². The Balaban J connectivity index is 1.15. The second-order valence-electron chi connectivity index (χ2n) is 10.1. The van der Waals surface area contributed by atoms with E-state index in [2.05, 4.69) is 21.0 Å². The number of rotatable bonds is 9. The molecule has 2 aliphatic rings. The fraction of sp³-hybridized carbons (Fsp3) is 0.345. The molecular formula is C29H27ClFN5O4. The van der Waals surface area contributed by atoms with Crippen molar-refractivity contribution in [2.24, 2.45) is 5.92 Å². The lowest BCUT2D eigenvalue weighted by atomic mass is 9.87. The smallest absolute Gasteiger partial charge is 0.354 e. The number of carboxylic acid groups (broad SMARTS) is 1. The number of ether oxygens (including phenoxy) is 2. The number of aromatic carboxylic acids is 1. The van der Waals surface area contributed by atoms with Gasteiger partial charge in [-0.25, -0.2) is 24.1 Å². The number of imidazole rings is 1. The van der Waals surface area contributed by atoms with Crippen LogP contribution < -0.4 is 4.74 Å². The van der Waals surface area contributed by atoms with Gasteiger partial charge in [-0.3, -0.25) is 0 Å². The summed E-state index contributed by atoms with van der Waals surface area (Å²) in [5.41, 5.74) is 2.72. The summed E-state index contributed by atoms with van der Waals surface area (Å²) in [5.74, 6) is 0.746. The van der Waals surface area contributed by atoms with Gasteiger partial charge >= 0.3 is 5.97 Å². The Labute approximate surface area is 234 Å². The van der Waals surface area contributed by atoms with E-state index >= 15 is 0 Å². The van der Waals surface area contributed by atoms with Crippen LogP contribution in [0.2, 0.25) is 5.02 Å². The summed E-state index contributed by atoms with van der Waals surface area (Å²) in [7, 11) is 0. The lowest BCUT2D eigenvalue weighted by molar-refractivity contribution is -0.0591. The van der Waals surface area contributed by atoms with Crippen molar-refractivity contribution in [2.45, 2.75) is 51.4 Å². The maximum atomic E-state index is 14.1. The molecule has 2 atom stereocenters. The predicted octanol–water partition coefficient (Wildman–Crippen LogP) is 5.51. The van der Waals surface area contributed by atoms with Crippen LogP contribution in [-0.2, 0) is 24.3 Å². The van der Waals surface area contributed by atoms with Gasteiger partial charge < -0.3 is 19.1 Å². The molecule has 1 aliphatic heterocycles. The summed E-state index contributed by atoms with van der Waals surface area (Å²) in [6, 6.07) is 9.35. The first-order valence-corrected chi connectivity index (χ1v) is 13.6. The molecule has 1 saturated heterocycles. The molecule has 1 N–H and O–H groups in total. The lowest BCUT2D eigenvalue weighted by Crippen LogP contribution is -2.32. The number of benzene rings is 1. The molecule has 0 radical (unpaired) electrons. The summed E-state index contributed by atoms with van der Waals surface area (Å²) in [4.78, 5) is 29.7. The molecule has 6 rings (SSSR count). The van der Waals surface area contributed by atoms with E-state index in [0.717, 1.165) is 50.1 Å². The molecule has 9 nitrogen and oxygen atoms in total. The molecule has 1 unspecified atom stereocenters. The molecule has 1 fully saturated rings. The number of carboxylic acids is 1. The SMILES string of the molecule is O=C(O)c1ccc2nc(CC3CC=C(c4nccc(OCc5ccc(Cl)cc5F)n4)CC3)n(C[C@@H]3CCO3)c2n1. The molecule has 0 bridgehead atoms. The van der Waals surface area contributed by atoms with Crippen LogP contribution in [0.5, 0.6) is 5.88 Å². The van der Waals surface area contributed by atoms with Gasteiger partial charge in [-0.15, -0.1) is 0 Å². The highest BCUT2D eigenvalue weighted by Crippen LogP contribution is 2.32. The molecule has 40 heavy (non-hydrogen) atoms. The number of halogens is 2. The van der Waals surface area contributed by atoms with Gasteiger partial charge in [0.25, 0.3) is 0 Å². The minimum atomic E-state index is -1.06. The Morgan fingerprint density at radius 3 is 2.77 bits per heavy atom. The Morgan fingerprint density at radius 2 is 2.05 bits per heavy atom. The number of nitrogens with zero attached hydrogens (tertiary/aromatic N) is 5. The van der Waals surface area contributed by atoms with Gasteiger partial charge in [0.2, 0.25) is 5.88 Å². The molecule has 3 aromatic heterocycles. The van der Waals surface area contributed by atoms with Crippen molar-refractivity contribution in [3.05, 3.63) is 82.4 Å². The average Bonchev–Trinajstić information content (AvgIpc) is 3.26. The van der Waals surface area contributed by atoms with Gasteiger partial charge in [0.1, 0.15) is 23.8 Å². The third-order valence-electron chi connectivity index (χ3n) is 7.37. The van der Waals surface area contributed by atoms with E-state index in [-0.39, 0.29) is 18.4 Å². The maximum Gasteiger partial charge on any atom is 0.354 e. The average molecular weight is 564 g/mol. The van der Waals surface area contributed by atoms with Gasteiger partial charge in [0.15, 0.2) is 17.2 Å². The molecule has 4 aromatic rings. The molecule has 0 spiro atoms. The van der Waals surface area contributed by atoms with Crippen LogP contribution in [0, 0.1) is 11.7 Å². The number of hydrogen-bond acceptors (Lipinski definition) is 7. The Bertz CT molecular complexity index is 1600. The van der Waals surface area contributed by atoms with E-state index < -0.39 is 11.8 Å². The van der Waals surface area contributed by atoms with Crippen molar-refractivity contribution in [1.82, 2.24) is 24.5 Å². The van der Waals surface area contributed by atoms with E-state index in [1.807, 2.05) is 4.57 Å². The Kier molecular flexibility index (Phi) is 7.44. The Hall–Kier alpha value is -3.89. The first-order valence-electron chi connectivity index (χ1n) is 13.2. The monoisotopic (exact) mass is 563 g/mol. The second kappa shape index (κ2) is 11.3. The van der Waals surface area contributed by atoms with E-state index in [0.29, 0.717) is 45.9 Å². The van der Waals surface area contributed by atoms with Crippen LogP contribution in [-0.4, -0.2) is 48.3 Å². The lowest BCUT2D eigenvalue weighted by Gasteiger charge is -2.28. The fourth-order valence-electron chi connectivity index (χ4n) is 5.05. The number of hydrogen-bond donors (Lipinski definition) is 1. The fourth-order valence-corrected chi connectivity index (χ4v) is 5.21. The van der Waals surface area contributed by atoms with Crippen LogP contribution in [0.1, 0.15) is 53.4 Å². The molecule has 1 aromatic carbocycles. The van der Waals surface area contributed by atoms with Crippen LogP contribution in [0.4, 0.5) is 4.39 Å². The first-order chi connectivity index (χ1) is 19.4. The third-order valence-corrected chi connectivity index (χ3v) is 7.60. The number of carbonyl (C=O) groups is 1. The van der Waals surface area contributed by atoms with Crippen molar-refractivity contribution in [2.75, 3.05) is 6.61 Å². The molecular weight excluding hydrogens is 537 g/mol. The third kappa shape index (κ3) is 5.68. The van der Waals surface area contributed by atoms with E-state index in [1.165, 1.54) is 12.1 Å². The van der Waals surface area contributed by atoms with Crippen molar-refractivity contribution in [1.29, 1.82) is 0 Å². The van der Waals surface area contributed by atoms with Crippen molar-refractivity contribution in [3.63, 3.8) is 0 Å². The second-order valence-corrected chi connectivity index (χ2v) is 10.5. The quantitative estimate of drug-likeness (QED) is 0.284. The van der Waals surface area contributed by atoms with Crippen molar-refractivity contribution < 1.29 is 23.8 Å². The van der Waals surface area contributed by atoms with Gasteiger partial charge in [0, 0.05) is 35.9 Å². The van der Waals surface area contributed by atoms with Gasteiger partial charge in [0.05, 0.1) is 12.6 Å². The highest BCUT2D eigenvalue weighted by molar-refractivity contribution is 6.30. The van der Waals surface area contributed by atoms with Gasteiger partial charge in [-0.2, -0.15) is 4.98 Å². The summed E-state index contributed by atoms with van der Waals surface area (Å²) < 4.78 is 27.5. The summed E-state index contributed by atoms with van der Waals surface area (Å²) in [5, 5.41) is 9.75. The van der Waals surface area contributed by atoms with Crippen LogP contribution in [0.15, 0.2) is 48.7 Å². The summed E-state index contributed by atoms with van der Waals surface area (Å²) in [6.07, 6.45) is 8.15. The Morgan fingerprint density at radius 1 is 1.18 bits per heavy atom. The molecule has 4 heterocycles. The largest absolute Gasteiger partial charge is 0.477 e. The van der Waals surface area contributed by atoms with E-state index in [9.17, 15) is 14.3 Å². The zero-order valence-electron chi connectivity index (χ0n) is 21.6. The molecule has 206 valence electrons. The topological polar surface area (TPSA) is 112 Å². The van der Waals surface area contributed by atoms with Crippen LogP contribution in [0.3, 0.4) is 0 Å². The minimum absolute atomic E-state index is 0.00415. The van der Waals surface area contributed by atoms with Gasteiger partial charge in [-0.1, -0.05) is 23.7 Å². The summed E-state index contributed by atoms with van der Waals surface area (Å²) >= 11 is 5.83. The zero-order chi connectivity index (χ0) is 27.6.